The maximum Gasteiger partial charge on any atom is 0.306 e. The van der Waals surface area contributed by atoms with Gasteiger partial charge in [-0.3, -0.25) is 14.2 Å². The molecule has 2 heterocycles. The predicted molar refractivity (Wildman–Crippen MR) is 75.4 cm³/mol. The van der Waals surface area contributed by atoms with Crippen LogP contribution in [0.25, 0.3) is 16.7 Å². The van der Waals surface area contributed by atoms with Crippen LogP contribution >= 0.6 is 0 Å². The first-order valence-corrected chi connectivity index (χ1v) is 6.65. The maximum absolute atomic E-state index is 11.4. The molecule has 2 aromatic heterocycles. The van der Waals surface area contributed by atoms with Gasteiger partial charge >= 0.3 is 5.97 Å². The van der Waals surface area contributed by atoms with Gasteiger partial charge in [0.05, 0.1) is 36.0 Å². The third kappa shape index (κ3) is 2.34. The van der Waals surface area contributed by atoms with Crippen molar-refractivity contribution in [2.24, 2.45) is 0 Å². The summed E-state index contributed by atoms with van der Waals surface area (Å²) in [4.78, 5) is 20.2. The Morgan fingerprint density at radius 1 is 1.35 bits per heavy atom. The molecule has 0 amide bonds. The number of carbonyl (C=O) groups is 1. The SMILES string of the molecule is CCOC(=O)CCc1cn2c(cnc3ccccc32)n1. The molecule has 0 aliphatic heterocycles. The van der Waals surface area contributed by atoms with Crippen LogP contribution in [0.1, 0.15) is 19.0 Å². The van der Waals surface area contributed by atoms with E-state index in [1.165, 1.54) is 0 Å². The number of carbonyl (C=O) groups excluding carboxylic acids is 1. The monoisotopic (exact) mass is 269 g/mol. The molecule has 0 N–H and O–H groups in total. The molecular formula is C15H15N3O2. The summed E-state index contributed by atoms with van der Waals surface area (Å²) in [7, 11) is 0. The van der Waals surface area contributed by atoms with Crippen molar-refractivity contribution in [3.63, 3.8) is 0 Å². The van der Waals surface area contributed by atoms with Gasteiger partial charge in [0.2, 0.25) is 0 Å². The Bertz CT molecular complexity index is 764. The van der Waals surface area contributed by atoms with Gasteiger partial charge in [0.1, 0.15) is 0 Å². The summed E-state index contributed by atoms with van der Waals surface area (Å²) >= 11 is 0. The highest BCUT2D eigenvalue weighted by Gasteiger charge is 2.08. The average Bonchev–Trinajstić information content (AvgIpc) is 2.89. The molecule has 0 aliphatic carbocycles. The summed E-state index contributed by atoms with van der Waals surface area (Å²) < 4.78 is 6.92. The van der Waals surface area contributed by atoms with Gasteiger partial charge in [-0.05, 0) is 19.1 Å². The second-order valence-electron chi connectivity index (χ2n) is 4.51. The molecule has 3 aromatic rings. The number of imidazole rings is 1. The molecule has 0 saturated carbocycles. The lowest BCUT2D eigenvalue weighted by Crippen LogP contribution is -2.05. The predicted octanol–water partition coefficient (Wildman–Crippen LogP) is 2.38. The van der Waals surface area contributed by atoms with E-state index in [4.69, 9.17) is 4.74 Å². The number of para-hydroxylation sites is 2. The number of esters is 1. The second kappa shape index (κ2) is 5.28. The molecule has 0 saturated heterocycles. The van der Waals surface area contributed by atoms with Crippen molar-refractivity contribution in [2.75, 3.05) is 6.61 Å². The molecule has 0 radical (unpaired) electrons. The quantitative estimate of drug-likeness (QED) is 0.682. The van der Waals surface area contributed by atoms with Gasteiger partial charge in [-0.2, -0.15) is 0 Å². The lowest BCUT2D eigenvalue weighted by molar-refractivity contribution is -0.143. The molecule has 0 bridgehead atoms. The average molecular weight is 269 g/mol. The van der Waals surface area contributed by atoms with Crippen LogP contribution in [0.3, 0.4) is 0 Å². The molecule has 102 valence electrons. The zero-order valence-electron chi connectivity index (χ0n) is 11.2. The van der Waals surface area contributed by atoms with Crippen LogP contribution in [-0.4, -0.2) is 26.9 Å². The first kappa shape index (κ1) is 12.6. The number of hydrogen-bond acceptors (Lipinski definition) is 4. The van der Waals surface area contributed by atoms with Crippen LogP contribution in [0.5, 0.6) is 0 Å². The highest BCUT2D eigenvalue weighted by molar-refractivity contribution is 5.77. The van der Waals surface area contributed by atoms with Gasteiger partial charge in [0.15, 0.2) is 5.65 Å². The van der Waals surface area contributed by atoms with Crippen LogP contribution in [0, 0.1) is 0 Å². The molecule has 5 heteroatoms. The van der Waals surface area contributed by atoms with E-state index in [0.29, 0.717) is 19.4 Å². The van der Waals surface area contributed by atoms with Crippen LogP contribution in [0.15, 0.2) is 36.7 Å². The normalized spacial score (nSPS) is 11.1. The van der Waals surface area contributed by atoms with Gasteiger partial charge in [0.25, 0.3) is 0 Å². The smallest absolute Gasteiger partial charge is 0.306 e. The Balaban J connectivity index is 1.90. The summed E-state index contributed by atoms with van der Waals surface area (Å²) in [6, 6.07) is 7.90. The zero-order chi connectivity index (χ0) is 13.9. The van der Waals surface area contributed by atoms with E-state index in [1.807, 2.05) is 34.9 Å². The van der Waals surface area contributed by atoms with E-state index in [9.17, 15) is 4.79 Å². The number of hydrogen-bond donors (Lipinski definition) is 0. The molecule has 0 fully saturated rings. The zero-order valence-corrected chi connectivity index (χ0v) is 11.2. The topological polar surface area (TPSA) is 56.5 Å². The van der Waals surface area contributed by atoms with E-state index in [-0.39, 0.29) is 5.97 Å². The summed E-state index contributed by atoms with van der Waals surface area (Å²) in [5, 5.41) is 0. The first-order valence-electron chi connectivity index (χ1n) is 6.65. The van der Waals surface area contributed by atoms with E-state index < -0.39 is 0 Å². The van der Waals surface area contributed by atoms with Gasteiger partial charge in [-0.1, -0.05) is 12.1 Å². The van der Waals surface area contributed by atoms with Gasteiger partial charge in [-0.15, -0.1) is 0 Å². The minimum atomic E-state index is -0.187. The van der Waals surface area contributed by atoms with Crippen LogP contribution < -0.4 is 0 Å². The lowest BCUT2D eigenvalue weighted by Gasteiger charge is -1.99. The molecule has 20 heavy (non-hydrogen) atoms. The highest BCUT2D eigenvalue weighted by atomic mass is 16.5. The van der Waals surface area contributed by atoms with E-state index in [0.717, 1.165) is 22.4 Å². The number of fused-ring (bicyclic) bond motifs is 3. The number of aryl methyl sites for hydroxylation is 1. The van der Waals surface area contributed by atoms with Crippen LogP contribution in [0.4, 0.5) is 0 Å². The number of aromatic nitrogens is 3. The Morgan fingerprint density at radius 3 is 3.05 bits per heavy atom. The van der Waals surface area contributed by atoms with Crippen molar-refractivity contribution in [3.05, 3.63) is 42.4 Å². The molecule has 5 nitrogen and oxygen atoms in total. The fourth-order valence-corrected chi connectivity index (χ4v) is 2.22. The van der Waals surface area contributed by atoms with Crippen LogP contribution in [-0.2, 0) is 16.0 Å². The summed E-state index contributed by atoms with van der Waals surface area (Å²) in [5.74, 6) is -0.187. The highest BCUT2D eigenvalue weighted by Crippen LogP contribution is 2.15. The minimum Gasteiger partial charge on any atom is -0.466 e. The van der Waals surface area contributed by atoms with Crippen molar-refractivity contribution >= 4 is 22.6 Å². The second-order valence-corrected chi connectivity index (χ2v) is 4.51. The number of ether oxygens (including phenoxy) is 1. The van der Waals surface area contributed by atoms with Gasteiger partial charge < -0.3 is 4.74 Å². The summed E-state index contributed by atoms with van der Waals surface area (Å²) in [6.07, 6.45) is 4.63. The van der Waals surface area contributed by atoms with E-state index in [1.54, 1.807) is 13.1 Å². The van der Waals surface area contributed by atoms with Crippen LogP contribution in [0.2, 0.25) is 0 Å². The Hall–Kier alpha value is -2.43. The largest absolute Gasteiger partial charge is 0.466 e. The summed E-state index contributed by atoms with van der Waals surface area (Å²) in [5.41, 5.74) is 3.60. The molecule has 0 unspecified atom stereocenters. The maximum atomic E-state index is 11.4. The van der Waals surface area contributed by atoms with E-state index >= 15 is 0 Å². The van der Waals surface area contributed by atoms with Crippen molar-refractivity contribution in [1.82, 2.24) is 14.4 Å². The number of rotatable bonds is 4. The third-order valence-electron chi connectivity index (χ3n) is 3.13. The third-order valence-corrected chi connectivity index (χ3v) is 3.13. The molecule has 0 atom stereocenters. The van der Waals surface area contributed by atoms with Crippen molar-refractivity contribution in [2.45, 2.75) is 19.8 Å². The van der Waals surface area contributed by atoms with Gasteiger partial charge in [-0.25, -0.2) is 4.98 Å². The summed E-state index contributed by atoms with van der Waals surface area (Å²) in [6.45, 7) is 2.22. The van der Waals surface area contributed by atoms with E-state index in [2.05, 4.69) is 9.97 Å². The molecule has 0 spiro atoms. The number of benzene rings is 1. The van der Waals surface area contributed by atoms with Gasteiger partial charge in [0, 0.05) is 12.6 Å². The lowest BCUT2D eigenvalue weighted by atomic mass is 10.2. The fraction of sp³-hybridized carbons (Fsp3) is 0.267. The first-order chi connectivity index (χ1) is 9.78. The van der Waals surface area contributed by atoms with Crippen molar-refractivity contribution in [1.29, 1.82) is 0 Å². The molecular weight excluding hydrogens is 254 g/mol. The fourth-order valence-electron chi connectivity index (χ4n) is 2.22. The molecule has 1 aromatic carbocycles. The Kier molecular flexibility index (Phi) is 3.33. The Morgan fingerprint density at radius 2 is 2.20 bits per heavy atom. The molecule has 0 aliphatic rings. The standard InChI is InChI=1S/C15H15N3O2/c1-2-20-15(19)8-7-11-10-18-13-6-4-3-5-12(13)16-9-14(18)17-11/h3-6,9-10H,2,7-8H2,1H3. The Labute approximate surface area is 116 Å². The van der Waals surface area contributed by atoms with Crippen molar-refractivity contribution < 1.29 is 9.53 Å². The molecule has 3 rings (SSSR count). The number of nitrogens with zero attached hydrogens (tertiary/aromatic N) is 3. The minimum absolute atomic E-state index is 0.187. The van der Waals surface area contributed by atoms with Crippen molar-refractivity contribution in [3.8, 4) is 0 Å².